The van der Waals surface area contributed by atoms with E-state index in [1.165, 1.54) is 7.11 Å². The number of hydrogen-bond donors (Lipinski definition) is 3. The lowest BCUT2D eigenvalue weighted by Gasteiger charge is -2.29. The number of unbranched alkanes of at least 4 members (excludes halogenated alkanes) is 2. The van der Waals surface area contributed by atoms with Gasteiger partial charge in [-0.1, -0.05) is 39.5 Å². The molecule has 12 nitrogen and oxygen atoms in total. The summed E-state index contributed by atoms with van der Waals surface area (Å²) in [6.45, 7) is 11.1. The van der Waals surface area contributed by atoms with E-state index in [-0.39, 0.29) is 19.6 Å². The van der Waals surface area contributed by atoms with Crippen molar-refractivity contribution in [1.29, 1.82) is 0 Å². The third-order valence-corrected chi connectivity index (χ3v) is 8.69. The summed E-state index contributed by atoms with van der Waals surface area (Å²) in [5, 5.41) is 8.35. The standard InChI is InChI=1S/C27H50N3O9P/c1-8-11-14-20(29-25(34)39-26(4,5)6)23(32)30-22(15-12-9-2)40(35,36-7)38-19-16-21(31)27(17-13-18-28-27)24(33)37-10-3/h20,22,28H,8-19H2,1-7H3,(H,29,34)(H,30,32)/t20-,22?,27-,40?/m0/s1. The third kappa shape index (κ3) is 11.1. The van der Waals surface area contributed by atoms with Crippen LogP contribution < -0.4 is 16.0 Å². The number of esters is 1. The Balaban J connectivity index is 3.00. The molecule has 0 aromatic rings. The minimum absolute atomic E-state index is 0.145. The van der Waals surface area contributed by atoms with Gasteiger partial charge in [-0.05, 0) is 59.9 Å². The van der Waals surface area contributed by atoms with Crippen molar-refractivity contribution in [2.24, 2.45) is 0 Å². The summed E-state index contributed by atoms with van der Waals surface area (Å²) in [5.74, 6) is -2.58. The van der Waals surface area contributed by atoms with Crippen LogP contribution in [0.15, 0.2) is 0 Å². The highest BCUT2D eigenvalue weighted by molar-refractivity contribution is 7.54. The van der Waals surface area contributed by atoms with E-state index in [4.69, 9.17) is 18.5 Å². The second-order valence-corrected chi connectivity index (χ2v) is 13.2. The molecule has 4 atom stereocenters. The number of carbonyl (C=O) groups is 4. The summed E-state index contributed by atoms with van der Waals surface area (Å²) in [7, 11) is -2.72. The van der Waals surface area contributed by atoms with Crippen LogP contribution >= 0.6 is 7.60 Å². The highest BCUT2D eigenvalue weighted by Gasteiger charge is 2.49. The summed E-state index contributed by atoms with van der Waals surface area (Å²) < 4.78 is 35.2. The molecule has 1 fully saturated rings. The molecule has 232 valence electrons. The Morgan fingerprint density at radius 2 is 1.68 bits per heavy atom. The first-order valence-corrected chi connectivity index (χ1v) is 15.9. The minimum atomic E-state index is -3.94. The quantitative estimate of drug-likeness (QED) is 0.120. The molecule has 1 saturated heterocycles. The monoisotopic (exact) mass is 591 g/mol. The topological polar surface area (TPSA) is 158 Å². The molecule has 3 N–H and O–H groups in total. The van der Waals surface area contributed by atoms with Gasteiger partial charge in [-0.2, -0.15) is 0 Å². The fraction of sp³-hybridized carbons (Fsp3) is 0.852. The van der Waals surface area contributed by atoms with E-state index in [9.17, 15) is 23.7 Å². The van der Waals surface area contributed by atoms with Crippen LogP contribution in [0.2, 0.25) is 0 Å². The van der Waals surface area contributed by atoms with Gasteiger partial charge in [0.2, 0.25) is 5.91 Å². The number of rotatable bonds is 18. The molecule has 0 spiro atoms. The number of hydrogen-bond acceptors (Lipinski definition) is 10. The summed E-state index contributed by atoms with van der Waals surface area (Å²) >= 11 is 0. The van der Waals surface area contributed by atoms with Crippen molar-refractivity contribution >= 4 is 31.3 Å². The molecule has 1 heterocycles. The molecule has 1 aliphatic rings. The second-order valence-electron chi connectivity index (χ2n) is 10.9. The maximum atomic E-state index is 13.8. The molecule has 13 heteroatoms. The molecule has 2 amide bonds. The van der Waals surface area contributed by atoms with E-state index in [1.54, 1.807) is 27.7 Å². The molecule has 1 rings (SSSR count). The van der Waals surface area contributed by atoms with Crippen molar-refractivity contribution in [2.45, 2.75) is 122 Å². The van der Waals surface area contributed by atoms with Crippen LogP contribution in [0.4, 0.5) is 4.79 Å². The summed E-state index contributed by atoms with van der Waals surface area (Å²) in [6.07, 6.45) is 3.53. The molecular weight excluding hydrogens is 541 g/mol. The van der Waals surface area contributed by atoms with E-state index in [2.05, 4.69) is 16.0 Å². The number of alkyl carbamates (subject to hydrolysis) is 1. The van der Waals surface area contributed by atoms with E-state index in [0.29, 0.717) is 45.1 Å². The van der Waals surface area contributed by atoms with Gasteiger partial charge in [0.1, 0.15) is 17.4 Å². The second kappa shape index (κ2) is 17.1. The van der Waals surface area contributed by atoms with E-state index >= 15 is 0 Å². The Hall–Kier alpha value is -2.01. The van der Waals surface area contributed by atoms with Crippen LogP contribution in [0.1, 0.15) is 99.3 Å². The molecule has 0 aromatic heterocycles. The largest absolute Gasteiger partial charge is 0.464 e. The first-order valence-electron chi connectivity index (χ1n) is 14.3. The van der Waals surface area contributed by atoms with E-state index < -0.39 is 54.3 Å². The zero-order valence-corrected chi connectivity index (χ0v) is 26.2. The van der Waals surface area contributed by atoms with Gasteiger partial charge in [0.15, 0.2) is 11.3 Å². The zero-order valence-electron chi connectivity index (χ0n) is 25.3. The fourth-order valence-electron chi connectivity index (χ4n) is 4.37. The van der Waals surface area contributed by atoms with E-state index in [0.717, 1.165) is 12.8 Å². The molecule has 1 aliphatic heterocycles. The summed E-state index contributed by atoms with van der Waals surface area (Å²) in [4.78, 5) is 51.3. The number of Topliss-reactive ketones (excluding diaryl/α,β-unsaturated/α-hetero) is 1. The van der Waals surface area contributed by atoms with Gasteiger partial charge in [0.05, 0.1) is 13.2 Å². The molecule has 0 bridgehead atoms. The Morgan fingerprint density at radius 1 is 1.02 bits per heavy atom. The van der Waals surface area contributed by atoms with Gasteiger partial charge < -0.3 is 29.2 Å². The number of ketones is 1. The lowest BCUT2D eigenvalue weighted by molar-refractivity contribution is -0.154. The van der Waals surface area contributed by atoms with Crippen molar-refractivity contribution in [3.63, 3.8) is 0 Å². The van der Waals surface area contributed by atoms with Gasteiger partial charge in [0.25, 0.3) is 0 Å². The number of nitrogens with one attached hydrogen (secondary N) is 3. The molecular formula is C27H50N3O9P. The maximum absolute atomic E-state index is 13.8. The van der Waals surface area contributed by atoms with Gasteiger partial charge >= 0.3 is 19.7 Å². The van der Waals surface area contributed by atoms with Crippen LogP contribution in [0.5, 0.6) is 0 Å². The molecule has 0 saturated carbocycles. The SMILES string of the molecule is CCCCC(NC(=O)[C@H](CCCC)NC(=O)OC(C)(C)C)P(=O)(OC)OCCC(=O)[C@]1(C(=O)OCC)CCCN1. The Morgan fingerprint density at radius 3 is 2.20 bits per heavy atom. The highest BCUT2D eigenvalue weighted by atomic mass is 31.2. The Labute approximate surface area is 238 Å². The average Bonchev–Trinajstić information content (AvgIpc) is 3.39. The van der Waals surface area contributed by atoms with E-state index in [1.807, 2.05) is 13.8 Å². The van der Waals surface area contributed by atoms with Gasteiger partial charge in [-0.3, -0.25) is 19.5 Å². The molecule has 0 aliphatic carbocycles. The molecule has 2 unspecified atom stereocenters. The predicted octanol–water partition coefficient (Wildman–Crippen LogP) is 4.20. The van der Waals surface area contributed by atoms with Crippen LogP contribution in [0.3, 0.4) is 0 Å². The molecule has 0 radical (unpaired) electrons. The van der Waals surface area contributed by atoms with Crippen LogP contribution in [0.25, 0.3) is 0 Å². The number of ether oxygens (including phenoxy) is 2. The van der Waals surface area contributed by atoms with Crippen molar-refractivity contribution in [2.75, 3.05) is 26.9 Å². The summed E-state index contributed by atoms with van der Waals surface area (Å²) in [6, 6.07) is -0.913. The lowest BCUT2D eigenvalue weighted by atomic mass is 9.90. The Kier molecular flexibility index (Phi) is 15.4. The minimum Gasteiger partial charge on any atom is -0.464 e. The fourth-order valence-corrected chi connectivity index (χ4v) is 6.04. The van der Waals surface area contributed by atoms with Gasteiger partial charge in [-0.25, -0.2) is 9.59 Å². The average molecular weight is 592 g/mol. The van der Waals surface area contributed by atoms with Crippen LogP contribution in [-0.2, 0) is 37.5 Å². The lowest BCUT2D eigenvalue weighted by Crippen LogP contribution is -2.55. The Bertz CT molecular complexity index is 885. The highest BCUT2D eigenvalue weighted by Crippen LogP contribution is 2.53. The van der Waals surface area contributed by atoms with Gasteiger partial charge in [0, 0.05) is 13.5 Å². The van der Waals surface area contributed by atoms with Crippen molar-refractivity contribution < 1.29 is 42.3 Å². The van der Waals surface area contributed by atoms with Crippen LogP contribution in [-0.4, -0.2) is 73.6 Å². The normalized spacial score (nSPS) is 20.2. The van der Waals surface area contributed by atoms with Crippen LogP contribution in [0, 0.1) is 0 Å². The first kappa shape index (κ1) is 36.0. The first-order chi connectivity index (χ1) is 18.8. The number of carbonyl (C=O) groups excluding carboxylic acids is 4. The van der Waals surface area contributed by atoms with Gasteiger partial charge in [-0.15, -0.1) is 0 Å². The smallest absolute Gasteiger partial charge is 0.408 e. The van der Waals surface area contributed by atoms with Crippen molar-refractivity contribution in [3.8, 4) is 0 Å². The predicted molar refractivity (Wildman–Crippen MR) is 151 cm³/mol. The zero-order chi connectivity index (χ0) is 30.4. The molecule has 0 aromatic carbocycles. The van der Waals surface area contributed by atoms with Crippen molar-refractivity contribution in [3.05, 3.63) is 0 Å². The third-order valence-electron chi connectivity index (χ3n) is 6.49. The maximum Gasteiger partial charge on any atom is 0.408 e. The molecule has 40 heavy (non-hydrogen) atoms. The summed E-state index contributed by atoms with van der Waals surface area (Å²) in [5.41, 5.74) is -2.18. The number of amides is 2. The van der Waals surface area contributed by atoms with Crippen molar-refractivity contribution in [1.82, 2.24) is 16.0 Å².